The van der Waals surface area contributed by atoms with Crippen molar-refractivity contribution in [3.8, 4) is 0 Å². The second-order valence-corrected chi connectivity index (χ2v) is 4.93. The van der Waals surface area contributed by atoms with Gasteiger partial charge in [0.2, 0.25) is 0 Å². The van der Waals surface area contributed by atoms with Crippen LogP contribution in [0.5, 0.6) is 0 Å². The van der Waals surface area contributed by atoms with Crippen LogP contribution in [0.1, 0.15) is 6.23 Å². The Balaban J connectivity index is 1.95. The third kappa shape index (κ3) is 2.40. The molecule has 10 heteroatoms. The van der Waals surface area contributed by atoms with Crippen LogP contribution in [0.25, 0.3) is 11.2 Å². The Labute approximate surface area is 125 Å². The molecular weight excluding hydrogens is 294 g/mol. The molecule has 3 heterocycles. The van der Waals surface area contributed by atoms with Gasteiger partial charge < -0.3 is 30.5 Å². The summed E-state index contributed by atoms with van der Waals surface area (Å²) in [6, 6.07) is 0. The van der Waals surface area contributed by atoms with Crippen LogP contribution < -0.4 is 5.32 Å². The summed E-state index contributed by atoms with van der Waals surface area (Å²) in [4.78, 5) is 12.3. The maximum atomic E-state index is 10.1. The van der Waals surface area contributed by atoms with Gasteiger partial charge in [-0.25, -0.2) is 15.0 Å². The van der Waals surface area contributed by atoms with Gasteiger partial charge in [0.1, 0.15) is 24.6 Å². The van der Waals surface area contributed by atoms with Crippen LogP contribution in [-0.4, -0.2) is 78.0 Å². The standard InChI is InChI=1S/C12H17N5O5/c18-2-1-13-10-7-11(15-4-14-10)17(5-16-7)12-9(21)8(20)6(3-19)22-12/h4-6,8-9,12,18-21H,1-3H2,(H,13,14,15)/t6-,8+,9+,12-/m0/s1. The van der Waals surface area contributed by atoms with Gasteiger partial charge >= 0.3 is 0 Å². The van der Waals surface area contributed by atoms with Crippen LogP contribution in [0, 0.1) is 0 Å². The molecule has 0 aromatic carbocycles. The molecule has 2 aromatic heterocycles. The minimum absolute atomic E-state index is 0.0545. The second-order valence-electron chi connectivity index (χ2n) is 4.93. The van der Waals surface area contributed by atoms with Crippen LogP contribution >= 0.6 is 0 Å². The summed E-state index contributed by atoms with van der Waals surface area (Å²) in [5, 5.41) is 40.8. The van der Waals surface area contributed by atoms with Gasteiger partial charge in [0.15, 0.2) is 23.2 Å². The summed E-state index contributed by atoms with van der Waals surface area (Å²) in [7, 11) is 0. The number of aromatic nitrogens is 4. The molecule has 0 spiro atoms. The fourth-order valence-corrected chi connectivity index (χ4v) is 2.45. The Kier molecular flexibility index (Phi) is 4.18. The Morgan fingerprint density at radius 1 is 1.18 bits per heavy atom. The highest BCUT2D eigenvalue weighted by Crippen LogP contribution is 2.31. The van der Waals surface area contributed by atoms with Crippen molar-refractivity contribution < 1.29 is 25.2 Å². The molecule has 0 radical (unpaired) electrons. The zero-order valence-corrected chi connectivity index (χ0v) is 11.6. The molecule has 3 rings (SSSR count). The smallest absolute Gasteiger partial charge is 0.167 e. The predicted molar refractivity (Wildman–Crippen MR) is 73.9 cm³/mol. The van der Waals surface area contributed by atoms with Crippen LogP contribution in [0.2, 0.25) is 0 Å². The van der Waals surface area contributed by atoms with Gasteiger partial charge in [-0.05, 0) is 0 Å². The first-order valence-electron chi connectivity index (χ1n) is 6.82. The summed E-state index contributed by atoms with van der Waals surface area (Å²) in [6.45, 7) is -0.145. The molecule has 0 bridgehead atoms. The number of imidazole rings is 1. The van der Waals surface area contributed by atoms with Crippen molar-refractivity contribution in [2.24, 2.45) is 0 Å². The molecule has 22 heavy (non-hydrogen) atoms. The van der Waals surface area contributed by atoms with E-state index in [0.29, 0.717) is 23.5 Å². The number of fused-ring (bicyclic) bond motifs is 1. The monoisotopic (exact) mass is 311 g/mol. The minimum atomic E-state index is -1.21. The first kappa shape index (κ1) is 15.1. The minimum Gasteiger partial charge on any atom is -0.395 e. The lowest BCUT2D eigenvalue weighted by Gasteiger charge is -2.16. The Hall–Kier alpha value is -1.85. The van der Waals surface area contributed by atoms with E-state index in [1.165, 1.54) is 17.2 Å². The molecule has 4 atom stereocenters. The van der Waals surface area contributed by atoms with Crippen molar-refractivity contribution in [1.82, 2.24) is 19.5 Å². The van der Waals surface area contributed by atoms with Gasteiger partial charge in [-0.3, -0.25) is 4.57 Å². The van der Waals surface area contributed by atoms with Crippen LogP contribution in [0.15, 0.2) is 12.7 Å². The first-order valence-corrected chi connectivity index (χ1v) is 6.82. The highest BCUT2D eigenvalue weighted by atomic mass is 16.6. The van der Waals surface area contributed by atoms with Crippen LogP contribution in [-0.2, 0) is 4.74 Å². The van der Waals surface area contributed by atoms with E-state index in [4.69, 9.17) is 14.9 Å². The second kappa shape index (κ2) is 6.10. The van der Waals surface area contributed by atoms with Crippen molar-refractivity contribution >= 4 is 17.0 Å². The van der Waals surface area contributed by atoms with E-state index >= 15 is 0 Å². The zero-order chi connectivity index (χ0) is 15.7. The van der Waals surface area contributed by atoms with Crippen molar-refractivity contribution in [3.05, 3.63) is 12.7 Å². The van der Waals surface area contributed by atoms with Gasteiger partial charge in [-0.2, -0.15) is 0 Å². The fourth-order valence-electron chi connectivity index (χ4n) is 2.45. The number of ether oxygens (including phenoxy) is 1. The van der Waals surface area contributed by atoms with Crippen molar-refractivity contribution in [2.45, 2.75) is 24.5 Å². The maximum absolute atomic E-state index is 10.1. The highest BCUT2D eigenvalue weighted by Gasteiger charge is 2.43. The first-order chi connectivity index (χ1) is 10.7. The molecule has 5 N–H and O–H groups in total. The van der Waals surface area contributed by atoms with Crippen LogP contribution in [0.3, 0.4) is 0 Å². The molecule has 0 amide bonds. The molecule has 120 valence electrons. The van der Waals surface area contributed by atoms with Crippen molar-refractivity contribution in [2.75, 3.05) is 25.1 Å². The fraction of sp³-hybridized carbons (Fsp3) is 0.583. The number of aliphatic hydroxyl groups is 4. The molecule has 0 saturated carbocycles. The average molecular weight is 311 g/mol. The number of nitrogens with one attached hydrogen (secondary N) is 1. The molecule has 0 aliphatic carbocycles. The summed E-state index contributed by atoms with van der Waals surface area (Å²) >= 11 is 0. The van der Waals surface area contributed by atoms with Crippen LogP contribution in [0.4, 0.5) is 5.82 Å². The topological polar surface area (TPSA) is 146 Å². The maximum Gasteiger partial charge on any atom is 0.167 e. The van der Waals surface area contributed by atoms with Crippen molar-refractivity contribution in [3.63, 3.8) is 0 Å². The molecule has 1 aliphatic rings. The molecule has 1 aliphatic heterocycles. The lowest BCUT2D eigenvalue weighted by Crippen LogP contribution is -2.33. The molecule has 2 aromatic rings. The van der Waals surface area contributed by atoms with E-state index in [0.717, 1.165) is 0 Å². The number of aliphatic hydroxyl groups excluding tert-OH is 4. The normalized spacial score (nSPS) is 28.4. The summed E-state index contributed by atoms with van der Waals surface area (Å²) in [5.74, 6) is 0.449. The SMILES string of the molecule is OCCNc1ncnc2c1ncn2[C@H]1O[C@@H](CO)[C@@H](O)[C@H]1O. The van der Waals surface area contributed by atoms with E-state index in [1.807, 2.05) is 0 Å². The van der Waals surface area contributed by atoms with E-state index < -0.39 is 31.1 Å². The summed E-state index contributed by atoms with van der Waals surface area (Å²) in [6.07, 6.45) is -1.44. The molecular formula is C12H17N5O5. The number of anilines is 1. The lowest BCUT2D eigenvalue weighted by molar-refractivity contribution is -0.0511. The number of nitrogens with zero attached hydrogens (tertiary/aromatic N) is 4. The van der Waals surface area contributed by atoms with Gasteiger partial charge in [-0.1, -0.05) is 0 Å². The Morgan fingerprint density at radius 3 is 2.68 bits per heavy atom. The summed E-state index contributed by atoms with van der Waals surface area (Å²) < 4.78 is 6.94. The average Bonchev–Trinajstić information content (AvgIpc) is 3.08. The zero-order valence-electron chi connectivity index (χ0n) is 11.6. The third-order valence-corrected chi connectivity index (χ3v) is 3.55. The molecule has 0 unspecified atom stereocenters. The summed E-state index contributed by atoms with van der Waals surface area (Å²) in [5.41, 5.74) is 0.860. The van der Waals surface area contributed by atoms with E-state index in [2.05, 4.69) is 20.3 Å². The Morgan fingerprint density at radius 2 is 2.00 bits per heavy atom. The van der Waals surface area contributed by atoms with E-state index in [-0.39, 0.29) is 6.61 Å². The van der Waals surface area contributed by atoms with E-state index in [9.17, 15) is 10.2 Å². The molecule has 1 fully saturated rings. The lowest BCUT2D eigenvalue weighted by atomic mass is 10.1. The largest absolute Gasteiger partial charge is 0.395 e. The molecule has 1 saturated heterocycles. The predicted octanol–water partition coefficient (Wildman–Crippen LogP) is -2.16. The van der Waals surface area contributed by atoms with Crippen molar-refractivity contribution in [1.29, 1.82) is 0 Å². The van der Waals surface area contributed by atoms with Gasteiger partial charge in [0.25, 0.3) is 0 Å². The number of hydrogen-bond donors (Lipinski definition) is 5. The number of rotatable bonds is 5. The van der Waals surface area contributed by atoms with Gasteiger partial charge in [-0.15, -0.1) is 0 Å². The molecule has 10 nitrogen and oxygen atoms in total. The highest BCUT2D eigenvalue weighted by molar-refractivity contribution is 5.82. The Bertz CT molecular complexity index is 650. The quantitative estimate of drug-likeness (QED) is 0.417. The van der Waals surface area contributed by atoms with E-state index in [1.54, 1.807) is 0 Å². The number of hydrogen-bond acceptors (Lipinski definition) is 9. The third-order valence-electron chi connectivity index (χ3n) is 3.55. The van der Waals surface area contributed by atoms with Gasteiger partial charge in [0.05, 0.1) is 19.5 Å². The van der Waals surface area contributed by atoms with Gasteiger partial charge in [0, 0.05) is 6.54 Å².